The Labute approximate surface area is 164 Å². The number of imidazole rings is 2. The van der Waals surface area contributed by atoms with Crippen LogP contribution in [0.1, 0.15) is 25.7 Å². The molecule has 4 aromatic rings. The number of hydrogen-bond acceptors (Lipinski definition) is 4. The maximum Gasteiger partial charge on any atom is 0.201 e. The summed E-state index contributed by atoms with van der Waals surface area (Å²) in [7, 11) is 0. The monoisotopic (exact) mass is 374 g/mol. The van der Waals surface area contributed by atoms with Gasteiger partial charge >= 0.3 is 0 Å². The molecule has 0 aliphatic heterocycles. The normalized spacial score (nSPS) is 20.1. The first-order chi connectivity index (χ1) is 13.7. The highest BCUT2D eigenvalue weighted by molar-refractivity contribution is 5.78. The fourth-order valence-corrected chi connectivity index (χ4v) is 4.69. The Bertz CT molecular complexity index is 1030. The molecule has 0 radical (unpaired) electrons. The third-order valence-corrected chi connectivity index (χ3v) is 6.22. The smallest absolute Gasteiger partial charge is 0.201 e. The molecule has 0 unspecified atom stereocenters. The van der Waals surface area contributed by atoms with Crippen molar-refractivity contribution in [1.29, 1.82) is 0 Å². The van der Waals surface area contributed by atoms with Crippen LogP contribution >= 0.6 is 0 Å². The van der Waals surface area contributed by atoms with E-state index in [9.17, 15) is 0 Å². The van der Waals surface area contributed by atoms with Gasteiger partial charge in [-0.1, -0.05) is 24.3 Å². The fourth-order valence-electron chi connectivity index (χ4n) is 4.69. The van der Waals surface area contributed by atoms with Crippen LogP contribution in [0.3, 0.4) is 0 Å². The number of para-hydroxylation sites is 4. The SMILES string of the molecule is Nc1nc2ccccc2n1CC1CCC(Cn2c(N)nc3ccccc32)CC1. The van der Waals surface area contributed by atoms with Crippen molar-refractivity contribution in [3.05, 3.63) is 48.5 Å². The third-order valence-electron chi connectivity index (χ3n) is 6.22. The van der Waals surface area contributed by atoms with Crippen molar-refractivity contribution in [3.63, 3.8) is 0 Å². The number of nitrogens with two attached hydrogens (primary N) is 2. The number of rotatable bonds is 4. The molecule has 0 atom stereocenters. The summed E-state index contributed by atoms with van der Waals surface area (Å²) >= 11 is 0. The quantitative estimate of drug-likeness (QED) is 0.564. The highest BCUT2D eigenvalue weighted by atomic mass is 15.2. The van der Waals surface area contributed by atoms with Gasteiger partial charge in [0.1, 0.15) is 0 Å². The van der Waals surface area contributed by atoms with Crippen molar-refractivity contribution in [2.45, 2.75) is 38.8 Å². The van der Waals surface area contributed by atoms with Gasteiger partial charge in [-0.2, -0.15) is 0 Å². The minimum absolute atomic E-state index is 0.626. The predicted octanol–water partition coefficient (Wildman–Crippen LogP) is 4.06. The van der Waals surface area contributed by atoms with Crippen molar-refractivity contribution in [1.82, 2.24) is 19.1 Å². The first-order valence-corrected chi connectivity index (χ1v) is 10.1. The first-order valence-electron chi connectivity index (χ1n) is 10.1. The van der Waals surface area contributed by atoms with E-state index < -0.39 is 0 Å². The summed E-state index contributed by atoms with van der Waals surface area (Å²) in [4.78, 5) is 9.00. The summed E-state index contributed by atoms with van der Waals surface area (Å²) in [5.74, 6) is 2.54. The fraction of sp³-hybridized carbons (Fsp3) is 0.364. The van der Waals surface area contributed by atoms with Crippen molar-refractivity contribution in [2.24, 2.45) is 11.8 Å². The molecule has 0 bridgehead atoms. The van der Waals surface area contributed by atoms with Crippen LogP contribution in [0.15, 0.2) is 48.5 Å². The number of benzene rings is 2. The lowest BCUT2D eigenvalue weighted by atomic mass is 9.82. The van der Waals surface area contributed by atoms with Gasteiger partial charge in [-0.3, -0.25) is 0 Å². The van der Waals surface area contributed by atoms with Gasteiger partial charge in [0.25, 0.3) is 0 Å². The second-order valence-electron chi connectivity index (χ2n) is 8.03. The molecule has 1 saturated carbocycles. The molecule has 0 saturated heterocycles. The lowest BCUT2D eigenvalue weighted by Gasteiger charge is -2.29. The molecule has 6 nitrogen and oxygen atoms in total. The zero-order chi connectivity index (χ0) is 19.1. The van der Waals surface area contributed by atoms with E-state index >= 15 is 0 Å². The van der Waals surface area contributed by atoms with Crippen LogP contribution in [0.4, 0.5) is 11.9 Å². The third kappa shape index (κ3) is 2.99. The number of fused-ring (bicyclic) bond motifs is 2. The Hall–Kier alpha value is -3.02. The van der Waals surface area contributed by atoms with Crippen LogP contribution in [-0.4, -0.2) is 19.1 Å². The second kappa shape index (κ2) is 6.86. The van der Waals surface area contributed by atoms with E-state index in [1.807, 2.05) is 24.3 Å². The van der Waals surface area contributed by atoms with Crippen molar-refractivity contribution >= 4 is 34.0 Å². The largest absolute Gasteiger partial charge is 0.369 e. The molecule has 5 rings (SSSR count). The second-order valence-corrected chi connectivity index (χ2v) is 8.03. The molecule has 2 aromatic heterocycles. The van der Waals surface area contributed by atoms with Crippen LogP contribution in [0, 0.1) is 11.8 Å². The summed E-state index contributed by atoms with van der Waals surface area (Å²) in [5.41, 5.74) is 16.6. The van der Waals surface area contributed by atoms with E-state index in [1.165, 1.54) is 25.7 Å². The van der Waals surface area contributed by atoms with Gasteiger partial charge in [-0.15, -0.1) is 0 Å². The predicted molar refractivity (Wildman–Crippen MR) is 114 cm³/mol. The van der Waals surface area contributed by atoms with Crippen molar-refractivity contribution in [3.8, 4) is 0 Å². The van der Waals surface area contributed by atoms with E-state index in [4.69, 9.17) is 11.5 Å². The summed E-state index contributed by atoms with van der Waals surface area (Å²) in [6.45, 7) is 1.91. The first kappa shape index (κ1) is 17.1. The van der Waals surface area contributed by atoms with Crippen LogP contribution < -0.4 is 11.5 Å². The van der Waals surface area contributed by atoms with Crippen molar-refractivity contribution in [2.75, 3.05) is 11.5 Å². The molecule has 6 heteroatoms. The molecular formula is C22H26N6. The van der Waals surface area contributed by atoms with Gasteiger partial charge in [0.15, 0.2) is 0 Å². The number of nitrogens with zero attached hydrogens (tertiary/aromatic N) is 4. The molecule has 0 spiro atoms. The van der Waals surface area contributed by atoms with Gasteiger partial charge in [0.05, 0.1) is 22.1 Å². The van der Waals surface area contributed by atoms with Gasteiger partial charge < -0.3 is 20.6 Å². The molecule has 2 heterocycles. The zero-order valence-corrected chi connectivity index (χ0v) is 16.0. The summed E-state index contributed by atoms with van der Waals surface area (Å²) in [6.07, 6.45) is 4.85. The average Bonchev–Trinajstić information content (AvgIpc) is 3.20. The van der Waals surface area contributed by atoms with E-state index in [1.54, 1.807) is 0 Å². The topological polar surface area (TPSA) is 87.7 Å². The molecule has 0 amide bonds. The number of anilines is 2. The maximum atomic E-state index is 6.19. The van der Waals surface area contributed by atoms with Crippen LogP contribution in [-0.2, 0) is 13.1 Å². The van der Waals surface area contributed by atoms with E-state index in [0.29, 0.717) is 23.7 Å². The van der Waals surface area contributed by atoms with Crippen LogP contribution in [0.25, 0.3) is 22.1 Å². The number of nitrogen functional groups attached to an aromatic ring is 2. The molecule has 1 fully saturated rings. The molecule has 2 aromatic carbocycles. The Morgan fingerprint density at radius 2 is 1.07 bits per heavy atom. The highest BCUT2D eigenvalue weighted by Gasteiger charge is 2.24. The Morgan fingerprint density at radius 1 is 0.679 bits per heavy atom. The molecule has 1 aliphatic carbocycles. The lowest BCUT2D eigenvalue weighted by molar-refractivity contribution is 0.237. The highest BCUT2D eigenvalue weighted by Crippen LogP contribution is 2.33. The average molecular weight is 374 g/mol. The molecule has 4 N–H and O–H groups in total. The van der Waals surface area contributed by atoms with E-state index in [-0.39, 0.29) is 0 Å². The maximum absolute atomic E-state index is 6.19. The summed E-state index contributed by atoms with van der Waals surface area (Å²) < 4.78 is 4.36. The molecular weight excluding hydrogens is 348 g/mol. The molecule has 1 aliphatic rings. The zero-order valence-electron chi connectivity index (χ0n) is 16.0. The Balaban J connectivity index is 1.26. The molecule has 144 valence electrons. The minimum Gasteiger partial charge on any atom is -0.369 e. The van der Waals surface area contributed by atoms with Gasteiger partial charge in [-0.25, -0.2) is 9.97 Å². The van der Waals surface area contributed by atoms with Gasteiger partial charge in [0, 0.05) is 13.1 Å². The van der Waals surface area contributed by atoms with Crippen LogP contribution in [0.2, 0.25) is 0 Å². The Kier molecular flexibility index (Phi) is 4.19. The van der Waals surface area contributed by atoms with E-state index in [2.05, 4.69) is 43.4 Å². The van der Waals surface area contributed by atoms with Crippen LogP contribution in [0.5, 0.6) is 0 Å². The number of hydrogen-bond donors (Lipinski definition) is 2. The Morgan fingerprint density at radius 3 is 1.50 bits per heavy atom. The summed E-state index contributed by atoms with van der Waals surface area (Å²) in [5, 5.41) is 0. The number of aromatic nitrogens is 4. The van der Waals surface area contributed by atoms with E-state index in [0.717, 1.165) is 35.2 Å². The lowest BCUT2D eigenvalue weighted by Crippen LogP contribution is -2.23. The van der Waals surface area contributed by atoms with Gasteiger partial charge in [-0.05, 0) is 61.8 Å². The van der Waals surface area contributed by atoms with Gasteiger partial charge in [0.2, 0.25) is 11.9 Å². The summed E-state index contributed by atoms with van der Waals surface area (Å²) in [6, 6.07) is 16.4. The van der Waals surface area contributed by atoms with Crippen molar-refractivity contribution < 1.29 is 0 Å². The molecule has 28 heavy (non-hydrogen) atoms. The minimum atomic E-state index is 0.626. The standard InChI is InChI=1S/C22H26N6/c23-21-25-17-5-1-3-7-19(17)27(21)13-15-9-11-16(12-10-15)14-28-20-8-4-2-6-18(20)26-22(28)24/h1-8,15-16H,9-14H2,(H2,23,25)(H2,24,26).